The Morgan fingerprint density at radius 3 is 0.935 bits per heavy atom. The van der Waals surface area contributed by atoms with Crippen LogP contribution in [0.3, 0.4) is 0 Å². The van der Waals surface area contributed by atoms with Gasteiger partial charge in [-0.1, -0.05) is 162 Å². The maximum absolute atomic E-state index is 12.4. The summed E-state index contributed by atoms with van der Waals surface area (Å²) in [4.78, 5) is 24.7. The van der Waals surface area contributed by atoms with Crippen LogP contribution in [-0.2, 0) is 0 Å². The molecule has 0 amide bonds. The lowest BCUT2D eigenvalue weighted by atomic mass is 10.0. The minimum atomic E-state index is -0.353. The molecule has 6 nitrogen and oxygen atoms in total. The fourth-order valence-corrected chi connectivity index (χ4v) is 6.77. The molecule has 0 atom stereocenters. The summed E-state index contributed by atoms with van der Waals surface area (Å²) >= 11 is 0. The Kier molecular flexibility index (Phi) is 19.9. The Labute approximate surface area is 370 Å². The highest BCUT2D eigenvalue weighted by Crippen LogP contribution is 2.26. The summed E-state index contributed by atoms with van der Waals surface area (Å²) in [5.74, 6) is 2.20. The van der Waals surface area contributed by atoms with Crippen molar-refractivity contribution in [2.75, 3.05) is 13.2 Å². The van der Waals surface area contributed by atoms with Gasteiger partial charge in [0.05, 0.1) is 24.3 Å². The molecule has 6 aromatic rings. The van der Waals surface area contributed by atoms with Crippen molar-refractivity contribution in [3.8, 4) is 45.3 Å². The second-order valence-corrected chi connectivity index (χ2v) is 15.8. The van der Waals surface area contributed by atoms with Crippen LogP contribution in [0.2, 0.25) is 0 Å². The molecule has 0 spiro atoms. The quantitative estimate of drug-likeness (QED) is 0.0385. The fourth-order valence-electron chi connectivity index (χ4n) is 6.77. The molecule has 0 aromatic heterocycles. The SMILES string of the molecule is CCCCCCCCOc1ccc(-c2ccc(C(=O)Oc3ccc(C)cc3)cc2)cc1.CCCCCCCCOc1ccc(-c2ccc(C(=O)Oc3ccc(C)cc3)cc2)cc1. The maximum Gasteiger partial charge on any atom is 0.343 e. The highest BCUT2D eigenvalue weighted by Gasteiger charge is 2.11. The van der Waals surface area contributed by atoms with Crippen LogP contribution >= 0.6 is 0 Å². The number of rotatable bonds is 22. The number of carbonyl (C=O) groups is 2. The summed E-state index contributed by atoms with van der Waals surface area (Å²) in [7, 11) is 0. The lowest BCUT2D eigenvalue weighted by Gasteiger charge is -2.08. The predicted molar refractivity (Wildman–Crippen MR) is 254 cm³/mol. The maximum atomic E-state index is 12.4. The summed E-state index contributed by atoms with van der Waals surface area (Å²) < 4.78 is 22.6. The van der Waals surface area contributed by atoms with E-state index < -0.39 is 0 Å². The monoisotopic (exact) mass is 832 g/mol. The second-order valence-electron chi connectivity index (χ2n) is 15.8. The predicted octanol–water partition coefficient (Wildman–Crippen LogP) is 15.2. The number of carbonyl (C=O) groups excluding carboxylic acids is 2. The normalized spacial score (nSPS) is 10.6. The van der Waals surface area contributed by atoms with Crippen molar-refractivity contribution in [1.82, 2.24) is 0 Å². The zero-order valence-electron chi connectivity index (χ0n) is 37.2. The molecule has 324 valence electrons. The lowest BCUT2D eigenvalue weighted by Crippen LogP contribution is -2.08. The minimum absolute atomic E-state index is 0.353. The highest BCUT2D eigenvalue weighted by atomic mass is 16.5. The van der Waals surface area contributed by atoms with E-state index in [0.717, 1.165) is 70.9 Å². The molecule has 0 unspecified atom stereocenters. The topological polar surface area (TPSA) is 71.1 Å². The molecule has 0 heterocycles. The van der Waals surface area contributed by atoms with Crippen LogP contribution in [-0.4, -0.2) is 25.2 Å². The van der Waals surface area contributed by atoms with Crippen LogP contribution in [0.15, 0.2) is 146 Å². The van der Waals surface area contributed by atoms with Gasteiger partial charge >= 0.3 is 11.9 Å². The fraction of sp³-hybridized carbons (Fsp3) is 0.321. The zero-order chi connectivity index (χ0) is 43.8. The van der Waals surface area contributed by atoms with Crippen LogP contribution in [0, 0.1) is 13.8 Å². The van der Waals surface area contributed by atoms with Gasteiger partial charge in [0.25, 0.3) is 0 Å². The number of unbranched alkanes of at least 4 members (excludes halogenated alkanes) is 10. The molecule has 0 saturated heterocycles. The molecule has 0 saturated carbocycles. The van der Waals surface area contributed by atoms with Crippen molar-refractivity contribution in [3.63, 3.8) is 0 Å². The van der Waals surface area contributed by atoms with E-state index >= 15 is 0 Å². The van der Waals surface area contributed by atoms with Crippen LogP contribution in [0.25, 0.3) is 22.3 Å². The van der Waals surface area contributed by atoms with E-state index in [0.29, 0.717) is 22.6 Å². The number of ether oxygens (including phenoxy) is 4. The summed E-state index contributed by atoms with van der Waals surface area (Å²) in [5.41, 5.74) is 7.59. The third-order valence-corrected chi connectivity index (χ3v) is 10.6. The van der Waals surface area contributed by atoms with Crippen LogP contribution < -0.4 is 18.9 Å². The summed E-state index contributed by atoms with van der Waals surface area (Å²) in [6, 6.07) is 46.1. The Morgan fingerprint density at radius 1 is 0.339 bits per heavy atom. The van der Waals surface area contributed by atoms with Crippen molar-refractivity contribution >= 4 is 11.9 Å². The van der Waals surface area contributed by atoms with E-state index in [2.05, 4.69) is 38.1 Å². The molecule has 0 aliphatic carbocycles. The van der Waals surface area contributed by atoms with Gasteiger partial charge in [0.2, 0.25) is 0 Å². The summed E-state index contributed by atoms with van der Waals surface area (Å²) in [6.45, 7) is 10.0. The Hall–Kier alpha value is -6.14. The van der Waals surface area contributed by atoms with Gasteiger partial charge in [-0.05, 0) is 122 Å². The van der Waals surface area contributed by atoms with Gasteiger partial charge in [0.15, 0.2) is 0 Å². The first-order valence-corrected chi connectivity index (χ1v) is 22.6. The molecule has 0 bridgehead atoms. The van der Waals surface area contributed by atoms with Gasteiger partial charge in [0.1, 0.15) is 23.0 Å². The van der Waals surface area contributed by atoms with Crippen molar-refractivity contribution in [2.24, 2.45) is 0 Å². The average molecular weight is 833 g/mol. The van der Waals surface area contributed by atoms with Gasteiger partial charge in [-0.25, -0.2) is 9.59 Å². The Bertz CT molecular complexity index is 2010. The van der Waals surface area contributed by atoms with Crippen LogP contribution in [0.1, 0.15) is 123 Å². The third kappa shape index (κ3) is 16.4. The van der Waals surface area contributed by atoms with E-state index in [4.69, 9.17) is 18.9 Å². The Balaban J connectivity index is 0.000000234. The number of benzene rings is 6. The molecule has 0 aliphatic heterocycles. The summed E-state index contributed by atoms with van der Waals surface area (Å²) in [5, 5.41) is 0. The van der Waals surface area contributed by atoms with E-state index in [-0.39, 0.29) is 11.9 Å². The first-order chi connectivity index (χ1) is 30.3. The third-order valence-electron chi connectivity index (χ3n) is 10.6. The van der Waals surface area contributed by atoms with E-state index in [1.807, 2.05) is 86.6 Å². The van der Waals surface area contributed by atoms with Crippen molar-refractivity contribution in [1.29, 1.82) is 0 Å². The number of esters is 2. The largest absolute Gasteiger partial charge is 0.494 e. The molecule has 6 heteroatoms. The lowest BCUT2D eigenvalue weighted by molar-refractivity contribution is 0.0725. The second kappa shape index (κ2) is 26.3. The number of hydrogen-bond acceptors (Lipinski definition) is 6. The zero-order valence-corrected chi connectivity index (χ0v) is 37.2. The average Bonchev–Trinajstić information content (AvgIpc) is 3.30. The smallest absolute Gasteiger partial charge is 0.343 e. The highest BCUT2D eigenvalue weighted by molar-refractivity contribution is 5.92. The first kappa shape index (κ1) is 46.9. The van der Waals surface area contributed by atoms with Crippen LogP contribution in [0.4, 0.5) is 0 Å². The number of aryl methyl sites for hydroxylation is 2. The molecular formula is C56H64O6. The molecule has 0 radical (unpaired) electrons. The molecule has 0 aliphatic rings. The van der Waals surface area contributed by atoms with Crippen molar-refractivity contribution in [2.45, 2.75) is 105 Å². The van der Waals surface area contributed by atoms with E-state index in [1.54, 1.807) is 48.5 Å². The van der Waals surface area contributed by atoms with Gasteiger partial charge in [-0.2, -0.15) is 0 Å². The van der Waals surface area contributed by atoms with E-state index in [1.165, 1.54) is 64.2 Å². The van der Waals surface area contributed by atoms with Gasteiger partial charge in [-0.3, -0.25) is 0 Å². The van der Waals surface area contributed by atoms with Crippen molar-refractivity contribution < 1.29 is 28.5 Å². The van der Waals surface area contributed by atoms with Crippen molar-refractivity contribution in [3.05, 3.63) is 168 Å². The molecule has 6 rings (SSSR count). The van der Waals surface area contributed by atoms with Gasteiger partial charge in [0, 0.05) is 0 Å². The first-order valence-electron chi connectivity index (χ1n) is 22.6. The van der Waals surface area contributed by atoms with Gasteiger partial charge < -0.3 is 18.9 Å². The Morgan fingerprint density at radius 2 is 0.613 bits per heavy atom. The standard InChI is InChI=1S/2C28H32O3/c2*1-3-4-5-6-7-8-21-30-26-19-15-24(16-20-26)23-11-13-25(14-12-23)28(29)31-27-17-9-22(2)10-18-27/h2*9-20H,3-8,21H2,1-2H3. The van der Waals surface area contributed by atoms with Crippen LogP contribution in [0.5, 0.6) is 23.0 Å². The van der Waals surface area contributed by atoms with E-state index in [9.17, 15) is 9.59 Å². The molecule has 0 fully saturated rings. The molecule has 6 aromatic carbocycles. The van der Waals surface area contributed by atoms with Gasteiger partial charge in [-0.15, -0.1) is 0 Å². The molecule has 0 N–H and O–H groups in total. The summed E-state index contributed by atoms with van der Waals surface area (Å²) in [6.07, 6.45) is 15.1. The molecule has 62 heavy (non-hydrogen) atoms. The minimum Gasteiger partial charge on any atom is -0.494 e. The molecular weight excluding hydrogens is 769 g/mol. The number of hydrogen-bond donors (Lipinski definition) is 0.